The molecule has 6 nitrogen and oxygen atoms in total. The van der Waals surface area contributed by atoms with Gasteiger partial charge in [-0.2, -0.15) is 0 Å². The lowest BCUT2D eigenvalue weighted by Gasteiger charge is -2.39. The topological polar surface area (TPSA) is 54.0 Å². The van der Waals surface area contributed by atoms with Crippen molar-refractivity contribution < 1.29 is 14.3 Å². The Hall–Kier alpha value is -1.63. The van der Waals surface area contributed by atoms with Crippen LogP contribution in [-0.2, 0) is 9.53 Å². The second-order valence-electron chi connectivity index (χ2n) is 6.63. The maximum absolute atomic E-state index is 12.4. The van der Waals surface area contributed by atoms with E-state index < -0.39 is 0 Å². The van der Waals surface area contributed by atoms with Crippen LogP contribution in [-0.4, -0.2) is 74.3 Å². The lowest BCUT2D eigenvalue weighted by Crippen LogP contribution is -2.50. The molecule has 138 valence electrons. The molecule has 2 fully saturated rings. The molecule has 0 unspecified atom stereocenters. The molecule has 3 rings (SSSR count). The molecule has 1 amide bonds. The van der Waals surface area contributed by atoms with Crippen LogP contribution < -0.4 is 10.1 Å². The summed E-state index contributed by atoms with van der Waals surface area (Å²) in [5.74, 6) is 0.751. The van der Waals surface area contributed by atoms with E-state index in [1.807, 2.05) is 31.2 Å². The van der Waals surface area contributed by atoms with Crippen molar-refractivity contribution in [2.24, 2.45) is 0 Å². The van der Waals surface area contributed by atoms with Gasteiger partial charge in [0.1, 0.15) is 5.75 Å². The molecule has 1 N–H and O–H groups in total. The van der Waals surface area contributed by atoms with E-state index in [0.717, 1.165) is 63.7 Å². The number of carbonyl (C=O) groups excluding carboxylic acids is 1. The Bertz CT molecular complexity index is 553. The van der Waals surface area contributed by atoms with Crippen LogP contribution in [0.1, 0.15) is 19.8 Å². The van der Waals surface area contributed by atoms with Gasteiger partial charge in [0.05, 0.1) is 32.1 Å². The number of ether oxygens (including phenoxy) is 2. The number of likely N-dealkylation sites (tertiary alicyclic amines) is 1. The fourth-order valence-corrected chi connectivity index (χ4v) is 3.63. The zero-order valence-electron chi connectivity index (χ0n) is 15.1. The number of nitrogens with one attached hydrogen (secondary N) is 1. The minimum Gasteiger partial charge on any atom is -0.492 e. The minimum absolute atomic E-state index is 0.0250. The molecule has 1 aromatic carbocycles. The predicted octanol–water partition coefficient (Wildman–Crippen LogP) is 1.82. The Morgan fingerprint density at radius 3 is 2.64 bits per heavy atom. The third-order valence-electron chi connectivity index (χ3n) is 4.95. The van der Waals surface area contributed by atoms with E-state index in [1.54, 1.807) is 0 Å². The number of hydrogen-bond donors (Lipinski definition) is 1. The Kier molecular flexibility index (Phi) is 6.67. The number of amides is 1. The standard InChI is InChI=1S/C19H29N3O3/c1-2-25-18-6-4-3-5-17(18)20-19(23)15-21-9-7-16(8-10-21)22-11-13-24-14-12-22/h3-6,16H,2,7-15H2,1H3,(H,20,23). The number of morpholine rings is 1. The van der Waals surface area contributed by atoms with E-state index in [-0.39, 0.29) is 5.91 Å². The van der Waals surface area contributed by atoms with E-state index >= 15 is 0 Å². The maximum atomic E-state index is 12.4. The average Bonchev–Trinajstić information content (AvgIpc) is 2.65. The molecule has 0 radical (unpaired) electrons. The molecule has 0 aliphatic carbocycles. The van der Waals surface area contributed by atoms with E-state index in [9.17, 15) is 4.79 Å². The van der Waals surface area contributed by atoms with Crippen molar-refractivity contribution in [1.29, 1.82) is 0 Å². The Morgan fingerprint density at radius 2 is 1.92 bits per heavy atom. The number of para-hydroxylation sites is 2. The summed E-state index contributed by atoms with van der Waals surface area (Å²) < 4.78 is 11.0. The minimum atomic E-state index is 0.0250. The lowest BCUT2D eigenvalue weighted by atomic mass is 10.0. The zero-order valence-corrected chi connectivity index (χ0v) is 15.1. The highest BCUT2D eigenvalue weighted by Crippen LogP contribution is 2.24. The largest absolute Gasteiger partial charge is 0.492 e. The van der Waals surface area contributed by atoms with Gasteiger partial charge in [0.25, 0.3) is 0 Å². The highest BCUT2D eigenvalue weighted by Gasteiger charge is 2.26. The van der Waals surface area contributed by atoms with Gasteiger partial charge in [-0.15, -0.1) is 0 Å². The Labute approximate surface area is 150 Å². The summed E-state index contributed by atoms with van der Waals surface area (Å²) in [5.41, 5.74) is 0.748. The maximum Gasteiger partial charge on any atom is 0.238 e. The molecule has 0 aromatic heterocycles. The van der Waals surface area contributed by atoms with Crippen molar-refractivity contribution in [3.63, 3.8) is 0 Å². The number of nitrogens with zero attached hydrogens (tertiary/aromatic N) is 2. The smallest absolute Gasteiger partial charge is 0.238 e. The van der Waals surface area contributed by atoms with Crippen molar-refractivity contribution in [2.75, 3.05) is 57.9 Å². The number of piperidine rings is 1. The van der Waals surface area contributed by atoms with Gasteiger partial charge in [0, 0.05) is 32.2 Å². The number of hydrogen-bond acceptors (Lipinski definition) is 5. The highest BCUT2D eigenvalue weighted by atomic mass is 16.5. The molecule has 2 aliphatic heterocycles. The summed E-state index contributed by atoms with van der Waals surface area (Å²) in [4.78, 5) is 17.2. The first-order valence-electron chi connectivity index (χ1n) is 9.32. The number of anilines is 1. The monoisotopic (exact) mass is 347 g/mol. The van der Waals surface area contributed by atoms with Gasteiger partial charge < -0.3 is 14.8 Å². The van der Waals surface area contributed by atoms with Crippen LogP contribution in [0.4, 0.5) is 5.69 Å². The molecule has 25 heavy (non-hydrogen) atoms. The molecule has 1 aromatic rings. The van der Waals surface area contributed by atoms with Crippen molar-refractivity contribution in [1.82, 2.24) is 9.80 Å². The second-order valence-corrected chi connectivity index (χ2v) is 6.63. The molecule has 0 saturated carbocycles. The van der Waals surface area contributed by atoms with Crippen LogP contribution in [0.3, 0.4) is 0 Å². The van der Waals surface area contributed by atoms with Crippen molar-refractivity contribution in [3.8, 4) is 5.75 Å². The predicted molar refractivity (Wildman–Crippen MR) is 98.1 cm³/mol. The average molecular weight is 347 g/mol. The molecule has 0 spiro atoms. The number of carbonyl (C=O) groups is 1. The van der Waals surface area contributed by atoms with E-state index in [0.29, 0.717) is 19.2 Å². The fourth-order valence-electron chi connectivity index (χ4n) is 3.63. The van der Waals surface area contributed by atoms with Gasteiger partial charge in [-0.1, -0.05) is 12.1 Å². The van der Waals surface area contributed by atoms with Crippen LogP contribution in [0, 0.1) is 0 Å². The summed E-state index contributed by atoms with van der Waals surface area (Å²) in [7, 11) is 0. The first-order valence-corrected chi connectivity index (χ1v) is 9.32. The van der Waals surface area contributed by atoms with Crippen molar-refractivity contribution in [2.45, 2.75) is 25.8 Å². The second kappa shape index (κ2) is 9.17. The Morgan fingerprint density at radius 1 is 1.20 bits per heavy atom. The highest BCUT2D eigenvalue weighted by molar-refractivity contribution is 5.93. The molecule has 0 bridgehead atoms. The van der Waals surface area contributed by atoms with Gasteiger partial charge in [0.2, 0.25) is 5.91 Å². The quantitative estimate of drug-likeness (QED) is 0.851. The Balaban J connectivity index is 1.45. The van der Waals surface area contributed by atoms with Crippen molar-refractivity contribution >= 4 is 11.6 Å². The van der Waals surface area contributed by atoms with E-state index in [2.05, 4.69) is 15.1 Å². The molecule has 2 heterocycles. The molecule has 6 heteroatoms. The normalized spacial score (nSPS) is 20.4. The van der Waals surface area contributed by atoms with Crippen LogP contribution in [0.2, 0.25) is 0 Å². The van der Waals surface area contributed by atoms with Gasteiger partial charge in [0.15, 0.2) is 0 Å². The van der Waals surface area contributed by atoms with Gasteiger partial charge in [-0.3, -0.25) is 14.6 Å². The van der Waals surface area contributed by atoms with Crippen LogP contribution in [0.25, 0.3) is 0 Å². The molecular weight excluding hydrogens is 318 g/mol. The molecule has 2 saturated heterocycles. The van der Waals surface area contributed by atoms with E-state index in [4.69, 9.17) is 9.47 Å². The molecule has 2 aliphatic rings. The van der Waals surface area contributed by atoms with Crippen LogP contribution >= 0.6 is 0 Å². The van der Waals surface area contributed by atoms with Crippen LogP contribution in [0.15, 0.2) is 24.3 Å². The summed E-state index contributed by atoms with van der Waals surface area (Å²) in [6.07, 6.45) is 2.26. The summed E-state index contributed by atoms with van der Waals surface area (Å²) >= 11 is 0. The summed E-state index contributed by atoms with van der Waals surface area (Å²) in [6, 6.07) is 8.23. The first kappa shape index (κ1) is 18.2. The lowest BCUT2D eigenvalue weighted by molar-refractivity contribution is -0.117. The number of benzene rings is 1. The summed E-state index contributed by atoms with van der Waals surface area (Å²) in [6.45, 7) is 8.70. The summed E-state index contributed by atoms with van der Waals surface area (Å²) in [5, 5.41) is 2.98. The van der Waals surface area contributed by atoms with Gasteiger partial charge >= 0.3 is 0 Å². The van der Waals surface area contributed by atoms with Gasteiger partial charge in [-0.25, -0.2) is 0 Å². The van der Waals surface area contributed by atoms with E-state index in [1.165, 1.54) is 0 Å². The molecular formula is C19H29N3O3. The first-order chi connectivity index (χ1) is 12.3. The van der Waals surface area contributed by atoms with Crippen LogP contribution in [0.5, 0.6) is 5.75 Å². The van der Waals surface area contributed by atoms with Gasteiger partial charge in [-0.05, 0) is 31.9 Å². The zero-order chi connectivity index (χ0) is 17.5. The van der Waals surface area contributed by atoms with Crippen molar-refractivity contribution in [3.05, 3.63) is 24.3 Å². The SMILES string of the molecule is CCOc1ccccc1NC(=O)CN1CCC(N2CCOCC2)CC1. The molecule has 0 atom stereocenters. The fraction of sp³-hybridized carbons (Fsp3) is 0.632. The third-order valence-corrected chi connectivity index (χ3v) is 4.95. The third kappa shape index (κ3) is 5.17. The number of rotatable bonds is 6.